The van der Waals surface area contributed by atoms with Gasteiger partial charge in [-0.3, -0.25) is 14.3 Å². The summed E-state index contributed by atoms with van der Waals surface area (Å²) < 4.78 is 30.5. The maximum Gasteiger partial charge on any atom is 0.273 e. The van der Waals surface area contributed by atoms with Gasteiger partial charge >= 0.3 is 0 Å². The van der Waals surface area contributed by atoms with E-state index in [0.717, 1.165) is 10.7 Å². The number of para-hydroxylation sites is 1. The topological polar surface area (TPSA) is 140 Å². The van der Waals surface area contributed by atoms with E-state index in [0.29, 0.717) is 0 Å². The van der Waals surface area contributed by atoms with Crippen LogP contribution in [0.25, 0.3) is 10.9 Å². The number of amides is 2. The minimum absolute atomic E-state index is 0.0192. The van der Waals surface area contributed by atoms with E-state index in [1.807, 2.05) is 6.07 Å². The standard InChI is InChI=1S/C25H27F2N5O4/c1-25(2,3)22(24(36)29-11-16(34)13-33)30-23(35)20-17-5-4-6-18(26)21(17)32(31-20)12-15-8-7-14(10-28)9-19(15)27/h4-9,16,22,33-34H,11-13H2,1-3H3,(H,29,36)(H,30,35). The molecule has 0 saturated heterocycles. The number of nitriles is 1. The highest BCUT2D eigenvalue weighted by atomic mass is 19.1. The number of hydrogen-bond donors (Lipinski definition) is 4. The first-order chi connectivity index (χ1) is 17.0. The van der Waals surface area contributed by atoms with Crippen molar-refractivity contribution in [1.82, 2.24) is 20.4 Å². The molecule has 0 fully saturated rings. The van der Waals surface area contributed by atoms with Gasteiger partial charge in [-0.05, 0) is 23.6 Å². The van der Waals surface area contributed by atoms with Crippen molar-refractivity contribution >= 4 is 22.7 Å². The molecule has 0 aliphatic carbocycles. The number of aliphatic hydroxyl groups is 2. The summed E-state index contributed by atoms with van der Waals surface area (Å²) in [4.78, 5) is 26.0. The van der Waals surface area contributed by atoms with E-state index in [-0.39, 0.29) is 40.8 Å². The molecular weight excluding hydrogens is 472 g/mol. The third-order valence-corrected chi connectivity index (χ3v) is 5.56. The molecule has 0 aliphatic heterocycles. The molecule has 2 unspecified atom stereocenters. The Morgan fingerprint density at radius 1 is 1.19 bits per heavy atom. The number of carbonyl (C=O) groups excluding carboxylic acids is 2. The molecule has 11 heteroatoms. The number of carbonyl (C=O) groups is 2. The summed E-state index contributed by atoms with van der Waals surface area (Å²) in [6, 6.07) is 8.76. The second-order valence-electron chi connectivity index (χ2n) is 9.41. The van der Waals surface area contributed by atoms with Crippen molar-refractivity contribution in [2.24, 2.45) is 5.41 Å². The molecular formula is C25H27F2N5O4. The fraction of sp³-hybridized carbons (Fsp3) is 0.360. The smallest absolute Gasteiger partial charge is 0.273 e. The van der Waals surface area contributed by atoms with Crippen LogP contribution in [-0.4, -0.2) is 57.1 Å². The van der Waals surface area contributed by atoms with Gasteiger partial charge in [0.25, 0.3) is 5.91 Å². The quantitative estimate of drug-likeness (QED) is 0.373. The third kappa shape index (κ3) is 5.84. The van der Waals surface area contributed by atoms with Crippen LogP contribution in [-0.2, 0) is 11.3 Å². The van der Waals surface area contributed by atoms with Crippen LogP contribution in [0.4, 0.5) is 8.78 Å². The highest BCUT2D eigenvalue weighted by Gasteiger charge is 2.34. The van der Waals surface area contributed by atoms with Crippen molar-refractivity contribution in [3.05, 3.63) is 64.9 Å². The fourth-order valence-corrected chi connectivity index (χ4v) is 3.64. The van der Waals surface area contributed by atoms with Gasteiger partial charge in [-0.25, -0.2) is 8.78 Å². The Morgan fingerprint density at radius 2 is 1.92 bits per heavy atom. The molecule has 1 heterocycles. The molecule has 0 bridgehead atoms. The first kappa shape index (κ1) is 26.7. The number of rotatable bonds is 8. The fourth-order valence-electron chi connectivity index (χ4n) is 3.64. The molecule has 2 atom stereocenters. The molecule has 3 rings (SSSR count). The summed E-state index contributed by atoms with van der Waals surface area (Å²) in [5.74, 6) is -2.67. The monoisotopic (exact) mass is 499 g/mol. The number of halogens is 2. The Morgan fingerprint density at radius 3 is 2.53 bits per heavy atom. The van der Waals surface area contributed by atoms with Crippen molar-refractivity contribution in [2.75, 3.05) is 13.2 Å². The van der Waals surface area contributed by atoms with Gasteiger partial charge < -0.3 is 20.8 Å². The van der Waals surface area contributed by atoms with E-state index >= 15 is 0 Å². The van der Waals surface area contributed by atoms with Crippen LogP contribution in [0.5, 0.6) is 0 Å². The maximum atomic E-state index is 14.8. The zero-order chi connectivity index (χ0) is 26.6. The van der Waals surface area contributed by atoms with Gasteiger partial charge in [-0.15, -0.1) is 0 Å². The molecule has 0 spiro atoms. The molecule has 1 aromatic heterocycles. The van der Waals surface area contributed by atoms with Gasteiger partial charge in [0.15, 0.2) is 5.69 Å². The Kier molecular flexibility index (Phi) is 8.02. The summed E-state index contributed by atoms with van der Waals surface area (Å²) in [6.45, 7) is 4.22. The number of aliphatic hydroxyl groups excluding tert-OH is 2. The van der Waals surface area contributed by atoms with Crippen LogP contribution in [0.15, 0.2) is 36.4 Å². The Balaban J connectivity index is 1.96. The van der Waals surface area contributed by atoms with Crippen molar-refractivity contribution in [3.63, 3.8) is 0 Å². The van der Waals surface area contributed by atoms with Gasteiger partial charge in [-0.1, -0.05) is 39.0 Å². The molecule has 9 nitrogen and oxygen atoms in total. The number of nitrogens with zero attached hydrogens (tertiary/aromatic N) is 3. The lowest BCUT2D eigenvalue weighted by atomic mass is 9.86. The second kappa shape index (κ2) is 10.8. The van der Waals surface area contributed by atoms with Gasteiger partial charge in [-0.2, -0.15) is 10.4 Å². The number of aromatic nitrogens is 2. The predicted octanol–water partition coefficient (Wildman–Crippen LogP) is 1.85. The molecule has 0 radical (unpaired) electrons. The lowest BCUT2D eigenvalue weighted by Gasteiger charge is -2.30. The van der Waals surface area contributed by atoms with E-state index in [4.69, 9.17) is 10.4 Å². The highest BCUT2D eigenvalue weighted by molar-refractivity contribution is 6.06. The molecule has 2 amide bonds. The van der Waals surface area contributed by atoms with Crippen LogP contribution in [0.2, 0.25) is 0 Å². The van der Waals surface area contributed by atoms with Crippen molar-refractivity contribution in [2.45, 2.75) is 39.5 Å². The third-order valence-electron chi connectivity index (χ3n) is 5.56. The summed E-state index contributed by atoms with van der Waals surface area (Å²) >= 11 is 0. The molecule has 190 valence electrons. The highest BCUT2D eigenvalue weighted by Crippen LogP contribution is 2.25. The number of fused-ring (bicyclic) bond motifs is 1. The lowest BCUT2D eigenvalue weighted by molar-refractivity contribution is -0.125. The van der Waals surface area contributed by atoms with Crippen molar-refractivity contribution in [1.29, 1.82) is 5.26 Å². The Bertz CT molecular complexity index is 1330. The SMILES string of the molecule is CC(C)(C)C(NC(=O)c1nn(Cc2ccc(C#N)cc2F)c2c(F)cccc12)C(=O)NCC(O)CO. The second-order valence-corrected chi connectivity index (χ2v) is 9.41. The average Bonchev–Trinajstić information content (AvgIpc) is 3.20. The predicted molar refractivity (Wildman–Crippen MR) is 127 cm³/mol. The summed E-state index contributed by atoms with van der Waals surface area (Å²) in [5.41, 5.74) is -0.654. The minimum atomic E-state index is -1.16. The summed E-state index contributed by atoms with van der Waals surface area (Å²) in [6.07, 6.45) is -1.16. The Labute approximate surface area is 206 Å². The first-order valence-corrected chi connectivity index (χ1v) is 11.2. The van der Waals surface area contributed by atoms with Crippen molar-refractivity contribution in [3.8, 4) is 6.07 Å². The molecule has 4 N–H and O–H groups in total. The van der Waals surface area contributed by atoms with Gasteiger partial charge in [0, 0.05) is 17.5 Å². The number of hydrogen-bond acceptors (Lipinski definition) is 6. The van der Waals surface area contributed by atoms with E-state index < -0.39 is 47.6 Å². The average molecular weight is 500 g/mol. The summed E-state index contributed by atoms with van der Waals surface area (Å²) in [5, 5.41) is 37.0. The maximum absolute atomic E-state index is 14.8. The van der Waals surface area contributed by atoms with Gasteiger partial charge in [0.1, 0.15) is 23.2 Å². The van der Waals surface area contributed by atoms with Crippen LogP contribution in [0.1, 0.15) is 42.4 Å². The van der Waals surface area contributed by atoms with Gasteiger partial charge in [0.05, 0.1) is 30.9 Å². The van der Waals surface area contributed by atoms with Crippen LogP contribution < -0.4 is 10.6 Å². The Hall–Kier alpha value is -3.88. The van der Waals surface area contributed by atoms with Crippen LogP contribution in [0.3, 0.4) is 0 Å². The zero-order valence-electron chi connectivity index (χ0n) is 20.0. The summed E-state index contributed by atoms with van der Waals surface area (Å²) in [7, 11) is 0. The molecule has 0 aliphatic rings. The normalized spacial score (nSPS) is 13.2. The van der Waals surface area contributed by atoms with E-state index in [1.54, 1.807) is 20.8 Å². The van der Waals surface area contributed by atoms with E-state index in [2.05, 4.69) is 15.7 Å². The lowest BCUT2D eigenvalue weighted by Crippen LogP contribution is -2.54. The van der Waals surface area contributed by atoms with E-state index in [9.17, 15) is 23.5 Å². The van der Waals surface area contributed by atoms with Crippen LogP contribution >= 0.6 is 0 Å². The largest absolute Gasteiger partial charge is 0.394 e. The van der Waals surface area contributed by atoms with Gasteiger partial charge in [0.2, 0.25) is 5.91 Å². The molecule has 2 aromatic carbocycles. The number of benzene rings is 2. The minimum Gasteiger partial charge on any atom is -0.394 e. The van der Waals surface area contributed by atoms with E-state index in [1.165, 1.54) is 30.3 Å². The first-order valence-electron chi connectivity index (χ1n) is 11.2. The van der Waals surface area contributed by atoms with Crippen LogP contribution in [0, 0.1) is 28.4 Å². The van der Waals surface area contributed by atoms with Crippen molar-refractivity contribution < 1.29 is 28.6 Å². The zero-order valence-corrected chi connectivity index (χ0v) is 20.0. The molecule has 0 saturated carbocycles. The number of nitrogens with one attached hydrogen (secondary N) is 2. The molecule has 36 heavy (non-hydrogen) atoms. The molecule has 3 aromatic rings.